The smallest absolute Gasteiger partial charge is 0.183 e. The van der Waals surface area contributed by atoms with Gasteiger partial charge in [-0.3, -0.25) is 0 Å². The molecule has 0 aliphatic carbocycles. The molecule has 0 saturated carbocycles. The topological polar surface area (TPSA) is 43.6 Å². The molecule has 6 heteroatoms. The van der Waals surface area contributed by atoms with Crippen LogP contribution in [-0.2, 0) is 6.42 Å². The molecule has 2 aromatic heterocycles. The van der Waals surface area contributed by atoms with Crippen molar-refractivity contribution < 1.29 is 4.39 Å². The van der Waals surface area contributed by atoms with Crippen LogP contribution in [0.3, 0.4) is 0 Å². The van der Waals surface area contributed by atoms with Gasteiger partial charge in [-0.15, -0.1) is 10.2 Å². The molecule has 18 heavy (non-hydrogen) atoms. The van der Waals surface area contributed by atoms with Gasteiger partial charge in [0.2, 0.25) is 0 Å². The minimum absolute atomic E-state index is 0.175. The van der Waals surface area contributed by atoms with Crippen molar-refractivity contribution in [2.24, 2.45) is 0 Å². The zero-order chi connectivity index (χ0) is 12.7. The van der Waals surface area contributed by atoms with E-state index < -0.39 is 6.17 Å². The number of nitrogens with zero attached hydrogens (tertiary/aromatic N) is 4. The van der Waals surface area contributed by atoms with Gasteiger partial charge in [0.15, 0.2) is 5.82 Å². The predicted octanol–water partition coefficient (Wildman–Crippen LogP) is 2.95. The van der Waals surface area contributed by atoms with E-state index in [1.807, 2.05) is 22.8 Å². The van der Waals surface area contributed by atoms with Crippen LogP contribution in [0.4, 0.5) is 4.39 Å². The fraction of sp³-hybridized carbons (Fsp3) is 0.417. The molecule has 4 nitrogen and oxygen atoms in total. The van der Waals surface area contributed by atoms with Crippen LogP contribution in [0.25, 0.3) is 11.5 Å². The summed E-state index contributed by atoms with van der Waals surface area (Å²) < 4.78 is 16.3. The van der Waals surface area contributed by atoms with Crippen molar-refractivity contribution in [2.75, 3.05) is 0 Å². The summed E-state index contributed by atoms with van der Waals surface area (Å²) in [5, 5.41) is 8.27. The third-order valence-corrected chi connectivity index (χ3v) is 3.68. The molecule has 1 aliphatic rings. The van der Waals surface area contributed by atoms with Crippen molar-refractivity contribution in [3.05, 3.63) is 28.6 Å². The summed E-state index contributed by atoms with van der Waals surface area (Å²) >= 11 is 3.33. The predicted molar refractivity (Wildman–Crippen MR) is 68.9 cm³/mol. The molecule has 94 valence electrons. The van der Waals surface area contributed by atoms with Crippen LogP contribution in [0.2, 0.25) is 0 Å². The highest BCUT2D eigenvalue weighted by molar-refractivity contribution is 9.10. The van der Waals surface area contributed by atoms with Crippen molar-refractivity contribution in [2.45, 2.75) is 32.0 Å². The minimum atomic E-state index is -0.909. The molecule has 2 aromatic rings. The molecule has 0 radical (unpaired) electrons. The van der Waals surface area contributed by atoms with E-state index >= 15 is 0 Å². The first kappa shape index (κ1) is 11.8. The molecule has 2 atom stereocenters. The van der Waals surface area contributed by atoms with Crippen molar-refractivity contribution in [3.63, 3.8) is 0 Å². The highest BCUT2D eigenvalue weighted by Gasteiger charge is 2.31. The van der Waals surface area contributed by atoms with Crippen LogP contribution >= 0.6 is 15.9 Å². The number of rotatable bonds is 2. The molecule has 0 aromatic carbocycles. The number of aryl methyl sites for hydroxylation is 1. The van der Waals surface area contributed by atoms with Gasteiger partial charge in [0, 0.05) is 6.42 Å². The van der Waals surface area contributed by atoms with Gasteiger partial charge in [-0.25, -0.2) is 9.37 Å². The van der Waals surface area contributed by atoms with Crippen LogP contribution in [0.15, 0.2) is 22.8 Å². The van der Waals surface area contributed by atoms with Crippen LogP contribution in [-0.4, -0.2) is 25.9 Å². The third kappa shape index (κ3) is 1.84. The Hall–Kier alpha value is -1.30. The molecule has 0 bridgehead atoms. The average molecular weight is 311 g/mol. The van der Waals surface area contributed by atoms with E-state index in [0.717, 1.165) is 29.0 Å². The van der Waals surface area contributed by atoms with E-state index in [9.17, 15) is 4.39 Å². The summed E-state index contributed by atoms with van der Waals surface area (Å²) in [4.78, 5) is 4.36. The molecule has 0 saturated heterocycles. The van der Waals surface area contributed by atoms with Gasteiger partial charge in [0.1, 0.15) is 22.3 Å². The fourth-order valence-corrected chi connectivity index (χ4v) is 2.73. The van der Waals surface area contributed by atoms with Crippen molar-refractivity contribution in [1.82, 2.24) is 19.7 Å². The molecule has 0 spiro atoms. The van der Waals surface area contributed by atoms with E-state index in [-0.39, 0.29) is 6.04 Å². The van der Waals surface area contributed by atoms with Crippen molar-refractivity contribution in [3.8, 4) is 11.5 Å². The van der Waals surface area contributed by atoms with Crippen LogP contribution in [0.5, 0.6) is 0 Å². The van der Waals surface area contributed by atoms with Crippen LogP contribution in [0.1, 0.15) is 25.2 Å². The second-order valence-electron chi connectivity index (χ2n) is 4.44. The quantitative estimate of drug-likeness (QED) is 0.801. The second-order valence-corrected chi connectivity index (χ2v) is 5.25. The molecule has 1 unspecified atom stereocenters. The number of alkyl halides is 1. The Balaban J connectivity index is 2.10. The van der Waals surface area contributed by atoms with E-state index in [1.54, 1.807) is 6.92 Å². The molecule has 3 rings (SSSR count). The summed E-state index contributed by atoms with van der Waals surface area (Å²) in [5.41, 5.74) is 0.718. The van der Waals surface area contributed by atoms with Crippen molar-refractivity contribution in [1.29, 1.82) is 0 Å². The Morgan fingerprint density at radius 3 is 3.00 bits per heavy atom. The van der Waals surface area contributed by atoms with Gasteiger partial charge in [0.25, 0.3) is 0 Å². The van der Waals surface area contributed by atoms with Gasteiger partial charge < -0.3 is 4.57 Å². The SMILES string of the molecule is C[C@@H](F)C1CCc2nnc(-c3cccc(Br)n3)n21. The zero-order valence-corrected chi connectivity index (χ0v) is 11.4. The Labute approximate surface area is 112 Å². The first-order valence-corrected chi connectivity index (χ1v) is 6.67. The molecule has 0 N–H and O–H groups in total. The maximum absolute atomic E-state index is 13.6. The number of hydrogen-bond acceptors (Lipinski definition) is 3. The monoisotopic (exact) mass is 310 g/mol. The summed E-state index contributed by atoms with van der Waals surface area (Å²) in [7, 11) is 0. The first-order chi connectivity index (χ1) is 8.66. The normalized spacial score (nSPS) is 19.8. The largest absolute Gasteiger partial charge is 0.304 e. The lowest BCUT2D eigenvalue weighted by atomic mass is 10.1. The van der Waals surface area contributed by atoms with Gasteiger partial charge in [-0.2, -0.15) is 0 Å². The van der Waals surface area contributed by atoms with E-state index in [2.05, 4.69) is 31.1 Å². The Kier molecular flexibility index (Phi) is 2.89. The molecule has 0 fully saturated rings. The second kappa shape index (κ2) is 4.42. The van der Waals surface area contributed by atoms with E-state index in [1.165, 1.54) is 0 Å². The molecular formula is C12H12BrFN4. The third-order valence-electron chi connectivity index (χ3n) is 3.24. The summed E-state index contributed by atoms with van der Waals surface area (Å²) in [6.45, 7) is 1.58. The fourth-order valence-electron chi connectivity index (χ4n) is 2.39. The maximum Gasteiger partial charge on any atom is 0.183 e. The number of halogens is 2. The molecular weight excluding hydrogens is 299 g/mol. The lowest BCUT2D eigenvalue weighted by Crippen LogP contribution is -2.15. The maximum atomic E-state index is 13.6. The lowest BCUT2D eigenvalue weighted by molar-refractivity contribution is 0.257. The van der Waals surface area contributed by atoms with Crippen molar-refractivity contribution >= 4 is 15.9 Å². The molecule has 1 aliphatic heterocycles. The lowest BCUT2D eigenvalue weighted by Gasteiger charge is -2.15. The number of fused-ring (bicyclic) bond motifs is 1. The van der Waals surface area contributed by atoms with Gasteiger partial charge >= 0.3 is 0 Å². The number of hydrogen-bond donors (Lipinski definition) is 0. The zero-order valence-electron chi connectivity index (χ0n) is 9.85. The number of aromatic nitrogens is 4. The van der Waals surface area contributed by atoms with Gasteiger partial charge in [-0.1, -0.05) is 6.07 Å². The van der Waals surface area contributed by atoms with Gasteiger partial charge in [0.05, 0.1) is 6.04 Å². The van der Waals surface area contributed by atoms with Gasteiger partial charge in [-0.05, 0) is 41.4 Å². The molecule has 3 heterocycles. The standard InChI is InChI=1S/C12H12BrFN4/c1-7(14)9-5-6-11-16-17-12(18(9)11)8-3-2-4-10(13)15-8/h2-4,7,9H,5-6H2,1H3/t7-,9?/m1/s1. The van der Waals surface area contributed by atoms with E-state index in [0.29, 0.717) is 5.82 Å². The minimum Gasteiger partial charge on any atom is -0.304 e. The highest BCUT2D eigenvalue weighted by atomic mass is 79.9. The number of pyridine rings is 1. The average Bonchev–Trinajstić information content (AvgIpc) is 2.88. The van der Waals surface area contributed by atoms with E-state index in [4.69, 9.17) is 0 Å². The Bertz CT molecular complexity index is 581. The summed E-state index contributed by atoms with van der Waals surface area (Å²) in [6.07, 6.45) is 0.650. The van der Waals surface area contributed by atoms with Crippen LogP contribution in [0, 0.1) is 0 Å². The first-order valence-electron chi connectivity index (χ1n) is 5.87. The summed E-state index contributed by atoms with van der Waals surface area (Å²) in [5.74, 6) is 1.50. The Morgan fingerprint density at radius 1 is 1.44 bits per heavy atom. The molecule has 0 amide bonds. The highest BCUT2D eigenvalue weighted by Crippen LogP contribution is 2.33. The van der Waals surface area contributed by atoms with Crippen LogP contribution < -0.4 is 0 Å². The summed E-state index contributed by atoms with van der Waals surface area (Å²) in [6, 6.07) is 5.42. The Morgan fingerprint density at radius 2 is 2.28 bits per heavy atom.